The molecular formula is C19H19N3O4S. The minimum absolute atomic E-state index is 0.244. The Kier molecular flexibility index (Phi) is 5.66. The second kappa shape index (κ2) is 8.13. The molecule has 0 N–H and O–H groups in total. The molecule has 3 rings (SSSR count). The molecule has 0 spiro atoms. The zero-order chi connectivity index (χ0) is 19.4. The maximum absolute atomic E-state index is 12.1. The van der Waals surface area contributed by atoms with Gasteiger partial charge < -0.3 is 13.8 Å². The fraction of sp³-hybridized carbons (Fsp3) is 0.263. The number of thiazole rings is 1. The molecule has 0 aliphatic heterocycles. The molecule has 0 saturated carbocycles. The highest BCUT2D eigenvalue weighted by molar-refractivity contribution is 7.07. The summed E-state index contributed by atoms with van der Waals surface area (Å²) in [4.78, 5) is 28.8. The molecule has 0 unspecified atom stereocenters. The molecule has 3 aromatic rings. The number of hydrogen-bond donors (Lipinski definition) is 0. The van der Waals surface area contributed by atoms with Gasteiger partial charge in [0.1, 0.15) is 11.3 Å². The number of amides is 1. The van der Waals surface area contributed by atoms with Gasteiger partial charge in [-0.3, -0.25) is 4.79 Å². The van der Waals surface area contributed by atoms with Crippen LogP contribution in [0, 0.1) is 20.8 Å². The molecule has 27 heavy (non-hydrogen) atoms. The van der Waals surface area contributed by atoms with E-state index in [0.717, 1.165) is 5.56 Å². The van der Waals surface area contributed by atoms with Crippen LogP contribution in [-0.4, -0.2) is 28.2 Å². The monoisotopic (exact) mass is 385 g/mol. The van der Waals surface area contributed by atoms with Gasteiger partial charge in [0.25, 0.3) is 5.91 Å². The third kappa shape index (κ3) is 4.59. The lowest BCUT2D eigenvalue weighted by atomic mass is 10.1. The summed E-state index contributed by atoms with van der Waals surface area (Å²) >= 11 is 1.35. The van der Waals surface area contributed by atoms with E-state index in [1.807, 2.05) is 47.3 Å². The van der Waals surface area contributed by atoms with Gasteiger partial charge in [-0.15, -0.1) is 11.3 Å². The van der Waals surface area contributed by atoms with Crippen molar-refractivity contribution in [2.75, 3.05) is 6.61 Å². The van der Waals surface area contributed by atoms with Gasteiger partial charge in [0.2, 0.25) is 0 Å². The SMILES string of the molecule is Cc1ccc(Cn2ccsc2=NC(=O)COC(=O)c2c(C)noc2C)cc1. The molecule has 0 fully saturated rings. The summed E-state index contributed by atoms with van der Waals surface area (Å²) in [7, 11) is 0. The van der Waals surface area contributed by atoms with Crippen molar-refractivity contribution < 1.29 is 18.8 Å². The smallest absolute Gasteiger partial charge is 0.344 e. The lowest BCUT2D eigenvalue weighted by Crippen LogP contribution is -2.20. The second-order valence-electron chi connectivity index (χ2n) is 6.08. The van der Waals surface area contributed by atoms with E-state index >= 15 is 0 Å². The van der Waals surface area contributed by atoms with E-state index in [1.165, 1.54) is 16.9 Å². The van der Waals surface area contributed by atoms with Crippen LogP contribution < -0.4 is 4.80 Å². The number of aromatic nitrogens is 2. The Morgan fingerprint density at radius 1 is 1.22 bits per heavy atom. The van der Waals surface area contributed by atoms with Crippen molar-refractivity contribution in [3.8, 4) is 0 Å². The average Bonchev–Trinajstić information content (AvgIpc) is 3.21. The average molecular weight is 385 g/mol. The number of ether oxygens (including phenoxy) is 1. The first-order chi connectivity index (χ1) is 12.9. The number of nitrogens with zero attached hydrogens (tertiary/aromatic N) is 3. The minimum Gasteiger partial charge on any atom is -0.452 e. The number of benzene rings is 1. The van der Waals surface area contributed by atoms with Crippen molar-refractivity contribution in [2.24, 2.45) is 4.99 Å². The molecule has 1 amide bonds. The normalized spacial score (nSPS) is 11.6. The summed E-state index contributed by atoms with van der Waals surface area (Å²) in [5.41, 5.74) is 2.97. The van der Waals surface area contributed by atoms with Gasteiger partial charge in [-0.05, 0) is 26.3 Å². The van der Waals surface area contributed by atoms with Crippen LogP contribution in [-0.2, 0) is 16.1 Å². The van der Waals surface area contributed by atoms with E-state index in [2.05, 4.69) is 10.1 Å². The van der Waals surface area contributed by atoms with Gasteiger partial charge in [0.15, 0.2) is 11.4 Å². The van der Waals surface area contributed by atoms with Crippen LogP contribution in [0.15, 0.2) is 45.4 Å². The Balaban J connectivity index is 1.66. The van der Waals surface area contributed by atoms with E-state index in [4.69, 9.17) is 9.26 Å². The molecule has 8 heteroatoms. The number of carbonyl (C=O) groups is 2. The summed E-state index contributed by atoms with van der Waals surface area (Å²) in [6.45, 7) is 5.45. The number of carbonyl (C=O) groups excluding carboxylic acids is 2. The van der Waals surface area contributed by atoms with Crippen LogP contribution >= 0.6 is 11.3 Å². The van der Waals surface area contributed by atoms with Crippen molar-refractivity contribution in [3.63, 3.8) is 0 Å². The van der Waals surface area contributed by atoms with Crippen molar-refractivity contribution in [1.82, 2.24) is 9.72 Å². The van der Waals surface area contributed by atoms with E-state index in [9.17, 15) is 9.59 Å². The number of esters is 1. The van der Waals surface area contributed by atoms with Gasteiger partial charge in [0, 0.05) is 18.1 Å². The lowest BCUT2D eigenvalue weighted by molar-refractivity contribution is -0.121. The molecular weight excluding hydrogens is 366 g/mol. The second-order valence-corrected chi connectivity index (χ2v) is 6.95. The van der Waals surface area contributed by atoms with Crippen LogP contribution in [0.4, 0.5) is 0 Å². The summed E-state index contributed by atoms with van der Waals surface area (Å²) in [6, 6.07) is 8.16. The first kappa shape index (κ1) is 18.8. The largest absolute Gasteiger partial charge is 0.452 e. The molecule has 7 nitrogen and oxygen atoms in total. The van der Waals surface area contributed by atoms with E-state index in [1.54, 1.807) is 13.8 Å². The molecule has 0 aliphatic carbocycles. The van der Waals surface area contributed by atoms with Crippen molar-refractivity contribution >= 4 is 23.2 Å². The molecule has 0 aliphatic rings. The van der Waals surface area contributed by atoms with Crippen LogP contribution in [0.3, 0.4) is 0 Å². The van der Waals surface area contributed by atoms with Crippen LogP contribution in [0.2, 0.25) is 0 Å². The quantitative estimate of drug-likeness (QED) is 0.630. The molecule has 140 valence electrons. The van der Waals surface area contributed by atoms with Crippen molar-refractivity contribution in [1.29, 1.82) is 0 Å². The van der Waals surface area contributed by atoms with E-state index in [0.29, 0.717) is 22.8 Å². The third-order valence-corrected chi connectivity index (χ3v) is 4.71. The zero-order valence-corrected chi connectivity index (χ0v) is 16.1. The van der Waals surface area contributed by atoms with E-state index < -0.39 is 18.5 Å². The summed E-state index contributed by atoms with van der Waals surface area (Å²) in [5, 5.41) is 5.55. The van der Waals surface area contributed by atoms with Gasteiger partial charge in [0.05, 0.1) is 5.69 Å². The highest BCUT2D eigenvalue weighted by Gasteiger charge is 2.19. The number of rotatable bonds is 5. The van der Waals surface area contributed by atoms with Gasteiger partial charge >= 0.3 is 5.97 Å². The van der Waals surface area contributed by atoms with Crippen LogP contribution in [0.5, 0.6) is 0 Å². The fourth-order valence-corrected chi connectivity index (χ4v) is 3.25. The molecule has 2 heterocycles. The molecule has 0 saturated heterocycles. The van der Waals surface area contributed by atoms with E-state index in [-0.39, 0.29) is 5.56 Å². The molecule has 2 aromatic heterocycles. The Morgan fingerprint density at radius 3 is 2.63 bits per heavy atom. The molecule has 1 aromatic carbocycles. The minimum atomic E-state index is -0.645. The molecule has 0 bridgehead atoms. The topological polar surface area (TPSA) is 86.7 Å². The summed E-state index contributed by atoms with van der Waals surface area (Å²) in [5.74, 6) is -0.820. The Morgan fingerprint density at radius 2 is 1.96 bits per heavy atom. The standard InChI is InChI=1S/C19H19N3O4S/c1-12-4-6-15(7-5-12)10-22-8-9-27-19(22)20-16(23)11-25-18(24)17-13(2)21-26-14(17)3/h4-9H,10-11H2,1-3H3. The predicted octanol–water partition coefficient (Wildman–Crippen LogP) is 2.80. The highest BCUT2D eigenvalue weighted by atomic mass is 32.1. The maximum atomic E-state index is 12.1. The third-order valence-electron chi connectivity index (χ3n) is 3.92. The number of aryl methyl sites for hydroxylation is 3. The number of hydrogen-bond acceptors (Lipinski definition) is 6. The summed E-state index contributed by atoms with van der Waals surface area (Å²) in [6.07, 6.45) is 1.87. The van der Waals surface area contributed by atoms with Crippen LogP contribution in [0.1, 0.15) is 32.9 Å². The van der Waals surface area contributed by atoms with Gasteiger partial charge in [-0.1, -0.05) is 35.0 Å². The Hall–Kier alpha value is -3.00. The summed E-state index contributed by atoms with van der Waals surface area (Å²) < 4.78 is 11.8. The maximum Gasteiger partial charge on any atom is 0.344 e. The van der Waals surface area contributed by atoms with Gasteiger partial charge in [-0.25, -0.2) is 4.79 Å². The Labute approximate surface area is 159 Å². The highest BCUT2D eigenvalue weighted by Crippen LogP contribution is 2.13. The van der Waals surface area contributed by atoms with Gasteiger partial charge in [-0.2, -0.15) is 4.99 Å². The van der Waals surface area contributed by atoms with Crippen molar-refractivity contribution in [3.05, 3.63) is 68.8 Å². The first-order valence-corrected chi connectivity index (χ1v) is 9.19. The van der Waals surface area contributed by atoms with Crippen molar-refractivity contribution in [2.45, 2.75) is 27.3 Å². The predicted molar refractivity (Wildman–Crippen MR) is 99.4 cm³/mol. The zero-order valence-electron chi connectivity index (χ0n) is 15.3. The molecule has 0 atom stereocenters. The lowest BCUT2D eigenvalue weighted by Gasteiger charge is -2.04. The Bertz CT molecular complexity index is 1010. The fourth-order valence-electron chi connectivity index (χ4n) is 2.51. The van der Waals surface area contributed by atoms with Crippen LogP contribution in [0.25, 0.3) is 0 Å². The molecule has 0 radical (unpaired) electrons. The first-order valence-electron chi connectivity index (χ1n) is 8.31.